The van der Waals surface area contributed by atoms with Gasteiger partial charge in [0.05, 0.1) is 36.4 Å². The number of aryl methyl sites for hydroxylation is 1. The van der Waals surface area contributed by atoms with Gasteiger partial charge in [-0.05, 0) is 43.7 Å². The van der Waals surface area contributed by atoms with E-state index in [1.165, 1.54) is 4.90 Å². The zero-order valence-electron chi connectivity index (χ0n) is 18.7. The van der Waals surface area contributed by atoms with Crippen LogP contribution in [0.5, 0.6) is 5.75 Å². The van der Waals surface area contributed by atoms with E-state index in [0.717, 1.165) is 11.3 Å². The average molecular weight is 477 g/mol. The maximum atomic E-state index is 13.7. The van der Waals surface area contributed by atoms with Gasteiger partial charge in [-0.25, -0.2) is 9.78 Å². The molecule has 0 aliphatic carbocycles. The van der Waals surface area contributed by atoms with Gasteiger partial charge in [-0.1, -0.05) is 35.6 Å². The molecule has 1 amide bonds. The summed E-state index contributed by atoms with van der Waals surface area (Å²) in [5, 5.41) is 0.652. The molecule has 9 heteroatoms. The highest BCUT2D eigenvalue weighted by atomic mass is 32.1. The number of hydrogen-bond acceptors (Lipinski definition) is 8. The summed E-state index contributed by atoms with van der Waals surface area (Å²) in [4.78, 5) is 45.8. The molecule has 4 aromatic rings. The molecule has 0 fully saturated rings. The molecule has 0 unspecified atom stereocenters. The standard InChI is InChI=1S/C25H20N2O6S/c1-4-32-24(30)22-13(2)26-25(34-22)27-19(14-8-7-9-15(12-14)31-3)18-20(28)16-10-5-6-11-17(16)33-21(18)23(27)29/h5-12,19H,4H2,1-3H3/t19-/m0/s1. The molecule has 2 aromatic heterocycles. The van der Waals surface area contributed by atoms with Crippen molar-refractivity contribution in [2.45, 2.75) is 19.9 Å². The van der Waals surface area contributed by atoms with Gasteiger partial charge in [0.15, 0.2) is 10.6 Å². The van der Waals surface area contributed by atoms with E-state index in [-0.39, 0.29) is 28.5 Å². The number of carbonyl (C=O) groups excluding carboxylic acids is 2. The number of hydrogen-bond donors (Lipinski definition) is 0. The summed E-state index contributed by atoms with van der Waals surface area (Å²) < 4.78 is 16.4. The van der Waals surface area contributed by atoms with Gasteiger partial charge in [0.25, 0.3) is 5.91 Å². The van der Waals surface area contributed by atoms with Gasteiger partial charge in [-0.2, -0.15) is 0 Å². The van der Waals surface area contributed by atoms with Crippen LogP contribution in [0.2, 0.25) is 0 Å². The van der Waals surface area contributed by atoms with Crippen LogP contribution in [0.4, 0.5) is 5.13 Å². The van der Waals surface area contributed by atoms with Crippen molar-refractivity contribution in [3.63, 3.8) is 0 Å². The molecule has 0 bridgehead atoms. The lowest BCUT2D eigenvalue weighted by atomic mass is 9.98. The van der Waals surface area contributed by atoms with Crippen LogP contribution in [0.15, 0.2) is 57.7 Å². The van der Waals surface area contributed by atoms with Gasteiger partial charge in [0, 0.05) is 0 Å². The molecule has 0 radical (unpaired) electrons. The Balaban J connectivity index is 1.75. The smallest absolute Gasteiger partial charge is 0.350 e. The summed E-state index contributed by atoms with van der Waals surface area (Å²) in [7, 11) is 1.54. The van der Waals surface area contributed by atoms with Crippen molar-refractivity contribution in [3.8, 4) is 5.75 Å². The molecule has 34 heavy (non-hydrogen) atoms. The highest BCUT2D eigenvalue weighted by molar-refractivity contribution is 7.17. The predicted octanol–water partition coefficient (Wildman–Crippen LogP) is 4.49. The minimum Gasteiger partial charge on any atom is -0.497 e. The van der Waals surface area contributed by atoms with Crippen LogP contribution in [0.3, 0.4) is 0 Å². The van der Waals surface area contributed by atoms with Crippen LogP contribution < -0.4 is 15.1 Å². The van der Waals surface area contributed by atoms with Crippen molar-refractivity contribution in [1.29, 1.82) is 0 Å². The quantitative estimate of drug-likeness (QED) is 0.391. The van der Waals surface area contributed by atoms with E-state index in [4.69, 9.17) is 13.9 Å². The Kier molecular flexibility index (Phi) is 5.41. The molecule has 5 rings (SSSR count). The Labute approximate surface area is 198 Å². The maximum Gasteiger partial charge on any atom is 0.350 e. The number of rotatable bonds is 5. The number of anilines is 1. The van der Waals surface area contributed by atoms with Crippen LogP contribution in [0, 0.1) is 6.92 Å². The van der Waals surface area contributed by atoms with E-state index in [0.29, 0.717) is 32.9 Å². The van der Waals surface area contributed by atoms with Crippen molar-refractivity contribution in [2.75, 3.05) is 18.6 Å². The Bertz CT molecular complexity index is 1510. The number of aromatic nitrogens is 1. The summed E-state index contributed by atoms with van der Waals surface area (Å²) in [5.41, 5.74) is 1.35. The highest BCUT2D eigenvalue weighted by Gasteiger charge is 2.45. The largest absolute Gasteiger partial charge is 0.497 e. The van der Waals surface area contributed by atoms with Crippen LogP contribution in [-0.4, -0.2) is 30.6 Å². The Morgan fingerprint density at radius 3 is 2.74 bits per heavy atom. The number of benzene rings is 2. The summed E-state index contributed by atoms with van der Waals surface area (Å²) in [6.07, 6.45) is 0. The van der Waals surface area contributed by atoms with Gasteiger partial charge in [0.1, 0.15) is 16.2 Å². The highest BCUT2D eigenvalue weighted by Crippen LogP contribution is 2.43. The van der Waals surface area contributed by atoms with Gasteiger partial charge in [0.2, 0.25) is 5.76 Å². The number of para-hydroxylation sites is 1. The lowest BCUT2D eigenvalue weighted by Crippen LogP contribution is -2.29. The first-order valence-corrected chi connectivity index (χ1v) is 11.4. The first kappa shape index (κ1) is 21.8. The van der Waals surface area contributed by atoms with Crippen molar-refractivity contribution in [2.24, 2.45) is 0 Å². The molecule has 1 atom stereocenters. The van der Waals surface area contributed by atoms with Crippen molar-refractivity contribution in [1.82, 2.24) is 4.98 Å². The number of nitrogens with zero attached hydrogens (tertiary/aromatic N) is 2. The first-order valence-electron chi connectivity index (χ1n) is 10.6. The number of fused-ring (bicyclic) bond motifs is 2. The monoisotopic (exact) mass is 476 g/mol. The fraction of sp³-hybridized carbons (Fsp3) is 0.200. The second-order valence-corrected chi connectivity index (χ2v) is 8.63. The zero-order valence-corrected chi connectivity index (χ0v) is 19.5. The van der Waals surface area contributed by atoms with Gasteiger partial charge < -0.3 is 13.9 Å². The molecule has 0 N–H and O–H groups in total. The number of thiazole rings is 1. The second kappa shape index (κ2) is 8.42. The third-order valence-electron chi connectivity index (χ3n) is 5.64. The minimum absolute atomic E-state index is 0.0398. The molecule has 0 saturated carbocycles. The van der Waals surface area contributed by atoms with E-state index in [9.17, 15) is 14.4 Å². The average Bonchev–Trinajstić information content (AvgIpc) is 3.37. The number of methoxy groups -OCH3 is 1. The number of ether oxygens (including phenoxy) is 2. The van der Waals surface area contributed by atoms with E-state index in [1.807, 2.05) is 6.07 Å². The van der Waals surface area contributed by atoms with Crippen molar-refractivity contribution < 1.29 is 23.5 Å². The SMILES string of the molecule is CCOC(=O)c1sc(N2C(=O)c3oc4ccccc4c(=O)c3[C@@H]2c2cccc(OC)c2)nc1C. The molecule has 8 nitrogen and oxygen atoms in total. The molecule has 1 aliphatic heterocycles. The van der Waals surface area contributed by atoms with Crippen molar-refractivity contribution in [3.05, 3.63) is 86.2 Å². The van der Waals surface area contributed by atoms with E-state index in [2.05, 4.69) is 4.98 Å². The molecule has 0 saturated heterocycles. The molecule has 2 aromatic carbocycles. The van der Waals surface area contributed by atoms with Gasteiger partial charge in [-0.15, -0.1) is 0 Å². The third-order valence-corrected chi connectivity index (χ3v) is 6.78. The van der Waals surface area contributed by atoms with Crippen LogP contribution in [0.1, 0.15) is 50.0 Å². The number of carbonyl (C=O) groups is 2. The zero-order chi connectivity index (χ0) is 24.0. The lowest BCUT2D eigenvalue weighted by molar-refractivity contribution is 0.0531. The topological polar surface area (TPSA) is 98.9 Å². The molecule has 172 valence electrons. The minimum atomic E-state index is -0.806. The Morgan fingerprint density at radius 1 is 1.18 bits per heavy atom. The van der Waals surface area contributed by atoms with Gasteiger partial charge >= 0.3 is 5.97 Å². The van der Waals surface area contributed by atoms with Crippen molar-refractivity contribution >= 4 is 39.3 Å². The Morgan fingerprint density at radius 2 is 1.97 bits per heavy atom. The Hall–Kier alpha value is -3.98. The molecular formula is C25H20N2O6S. The second-order valence-electron chi connectivity index (χ2n) is 7.66. The summed E-state index contributed by atoms with van der Waals surface area (Å²) in [6.45, 7) is 3.62. The van der Waals surface area contributed by atoms with Gasteiger partial charge in [-0.3, -0.25) is 14.5 Å². The molecular weight excluding hydrogens is 456 g/mol. The fourth-order valence-corrected chi connectivity index (χ4v) is 5.10. The predicted molar refractivity (Wildman–Crippen MR) is 127 cm³/mol. The third kappa shape index (κ3) is 3.36. The normalized spacial score (nSPS) is 15.0. The van der Waals surface area contributed by atoms with E-state index in [1.54, 1.807) is 63.4 Å². The summed E-state index contributed by atoms with van der Waals surface area (Å²) >= 11 is 1.04. The summed E-state index contributed by atoms with van der Waals surface area (Å²) in [5.74, 6) is -0.478. The van der Waals surface area contributed by atoms with E-state index < -0.39 is 17.9 Å². The molecule has 1 aliphatic rings. The van der Waals surface area contributed by atoms with E-state index >= 15 is 0 Å². The fourth-order valence-electron chi connectivity index (χ4n) is 4.12. The molecule has 0 spiro atoms. The van der Waals surface area contributed by atoms with Crippen LogP contribution in [-0.2, 0) is 4.74 Å². The maximum absolute atomic E-state index is 13.7. The molecule has 3 heterocycles. The number of esters is 1. The van der Waals surface area contributed by atoms with Crippen LogP contribution in [0.25, 0.3) is 11.0 Å². The lowest BCUT2D eigenvalue weighted by Gasteiger charge is -2.22. The van der Waals surface area contributed by atoms with Crippen LogP contribution >= 0.6 is 11.3 Å². The number of amides is 1. The first-order chi connectivity index (χ1) is 16.4. The summed E-state index contributed by atoms with van der Waals surface area (Å²) in [6, 6.07) is 13.1.